The molecule has 0 aromatic carbocycles. The van der Waals surface area contributed by atoms with E-state index in [4.69, 9.17) is 9.47 Å². The number of carbonyl (C=O) groups excluding carboxylic acids is 2. The molecule has 2 unspecified atom stereocenters. The molecule has 0 N–H and O–H groups in total. The molecular weight excluding hydrogens is 280 g/mol. The van der Waals surface area contributed by atoms with E-state index in [0.717, 1.165) is 38.5 Å². The average Bonchev–Trinajstić information content (AvgIpc) is 2.58. The molecule has 2 aliphatic rings. The summed E-state index contributed by atoms with van der Waals surface area (Å²) in [6, 6.07) is 0. The van der Waals surface area contributed by atoms with Crippen LogP contribution < -0.4 is 0 Å². The van der Waals surface area contributed by atoms with Crippen LogP contribution in [0.3, 0.4) is 0 Å². The monoisotopic (exact) mass is 306 g/mol. The molecule has 22 heavy (non-hydrogen) atoms. The normalized spacial score (nSPS) is 24.0. The summed E-state index contributed by atoms with van der Waals surface area (Å²) >= 11 is 0. The number of hydrogen-bond acceptors (Lipinski definition) is 4. The smallest absolute Gasteiger partial charge is 0.306 e. The zero-order valence-electron chi connectivity index (χ0n) is 13.2. The second-order valence-corrected chi connectivity index (χ2v) is 6.10. The van der Waals surface area contributed by atoms with Crippen molar-refractivity contribution >= 4 is 11.9 Å². The molecule has 0 amide bonds. The topological polar surface area (TPSA) is 52.6 Å². The summed E-state index contributed by atoms with van der Waals surface area (Å²) in [4.78, 5) is 23.3. The minimum Gasteiger partial charge on any atom is -0.465 e. The van der Waals surface area contributed by atoms with Gasteiger partial charge in [-0.1, -0.05) is 24.3 Å². The molecule has 0 aromatic rings. The van der Waals surface area contributed by atoms with E-state index in [1.165, 1.54) is 0 Å². The van der Waals surface area contributed by atoms with Crippen molar-refractivity contribution in [1.29, 1.82) is 0 Å². The Kier molecular flexibility index (Phi) is 7.20. The highest BCUT2D eigenvalue weighted by atomic mass is 16.5. The molecule has 0 spiro atoms. The van der Waals surface area contributed by atoms with Crippen molar-refractivity contribution in [2.24, 2.45) is 11.8 Å². The van der Waals surface area contributed by atoms with Crippen LogP contribution in [-0.4, -0.2) is 25.2 Å². The highest BCUT2D eigenvalue weighted by Gasteiger charge is 2.15. The molecule has 0 bridgehead atoms. The highest BCUT2D eigenvalue weighted by molar-refractivity contribution is 5.77. The van der Waals surface area contributed by atoms with Gasteiger partial charge in [0.15, 0.2) is 0 Å². The SMILES string of the molecule is O=C(CCC(=O)OCC1C=CCCC1)OCC1C=CCCC1. The van der Waals surface area contributed by atoms with E-state index in [-0.39, 0.29) is 24.8 Å². The Bertz CT molecular complexity index is 385. The minimum atomic E-state index is -0.312. The van der Waals surface area contributed by atoms with Crippen LogP contribution in [0.25, 0.3) is 0 Å². The first-order valence-electron chi connectivity index (χ1n) is 8.38. The Hall–Kier alpha value is -1.58. The number of rotatable bonds is 7. The van der Waals surface area contributed by atoms with Crippen LogP contribution in [0.2, 0.25) is 0 Å². The first-order valence-corrected chi connectivity index (χ1v) is 8.38. The first-order chi connectivity index (χ1) is 10.7. The number of carbonyl (C=O) groups is 2. The van der Waals surface area contributed by atoms with E-state index in [1.807, 2.05) is 0 Å². The van der Waals surface area contributed by atoms with E-state index < -0.39 is 0 Å². The third-order valence-corrected chi connectivity index (χ3v) is 4.16. The van der Waals surface area contributed by atoms with Gasteiger partial charge in [-0.05, 0) is 38.5 Å². The summed E-state index contributed by atoms with van der Waals surface area (Å²) in [6.07, 6.45) is 15.4. The van der Waals surface area contributed by atoms with Crippen LogP contribution in [0.1, 0.15) is 51.4 Å². The van der Waals surface area contributed by atoms with Crippen LogP contribution in [0.4, 0.5) is 0 Å². The van der Waals surface area contributed by atoms with Gasteiger partial charge in [-0.25, -0.2) is 0 Å². The Balaban J connectivity index is 1.54. The number of esters is 2. The first kappa shape index (κ1) is 16.8. The quantitative estimate of drug-likeness (QED) is 0.533. The minimum absolute atomic E-state index is 0.107. The van der Waals surface area contributed by atoms with E-state index in [9.17, 15) is 9.59 Å². The van der Waals surface area contributed by atoms with Crippen molar-refractivity contribution in [3.05, 3.63) is 24.3 Å². The van der Waals surface area contributed by atoms with Gasteiger partial charge in [-0.2, -0.15) is 0 Å². The van der Waals surface area contributed by atoms with Gasteiger partial charge < -0.3 is 9.47 Å². The summed E-state index contributed by atoms with van der Waals surface area (Å²) in [5, 5.41) is 0. The molecule has 2 rings (SSSR count). The van der Waals surface area contributed by atoms with Crippen molar-refractivity contribution in [2.75, 3.05) is 13.2 Å². The Morgan fingerprint density at radius 1 is 0.818 bits per heavy atom. The Labute approximate surface area is 132 Å². The molecule has 0 aromatic heterocycles. The largest absolute Gasteiger partial charge is 0.465 e. The predicted molar refractivity (Wildman–Crippen MR) is 84.1 cm³/mol. The van der Waals surface area contributed by atoms with Gasteiger partial charge >= 0.3 is 11.9 Å². The fourth-order valence-corrected chi connectivity index (χ4v) is 2.79. The third-order valence-electron chi connectivity index (χ3n) is 4.16. The van der Waals surface area contributed by atoms with Gasteiger partial charge in [0.05, 0.1) is 26.1 Å². The summed E-state index contributed by atoms with van der Waals surface area (Å²) in [7, 11) is 0. The molecule has 2 atom stereocenters. The highest BCUT2D eigenvalue weighted by Crippen LogP contribution is 2.18. The van der Waals surface area contributed by atoms with E-state index in [0.29, 0.717) is 25.0 Å². The van der Waals surface area contributed by atoms with Crippen LogP contribution >= 0.6 is 0 Å². The fraction of sp³-hybridized carbons (Fsp3) is 0.667. The summed E-state index contributed by atoms with van der Waals surface area (Å²) < 4.78 is 10.4. The predicted octanol–water partition coefficient (Wildman–Crippen LogP) is 3.57. The third kappa shape index (κ3) is 6.46. The average molecular weight is 306 g/mol. The molecule has 0 saturated heterocycles. The fourth-order valence-electron chi connectivity index (χ4n) is 2.79. The molecule has 0 heterocycles. The summed E-state index contributed by atoms with van der Waals surface area (Å²) in [5.41, 5.74) is 0. The van der Waals surface area contributed by atoms with Crippen LogP contribution in [0.15, 0.2) is 24.3 Å². The van der Waals surface area contributed by atoms with Gasteiger partial charge in [-0.3, -0.25) is 9.59 Å². The van der Waals surface area contributed by atoms with E-state index >= 15 is 0 Å². The van der Waals surface area contributed by atoms with Crippen molar-refractivity contribution in [1.82, 2.24) is 0 Å². The molecular formula is C18H26O4. The maximum absolute atomic E-state index is 11.6. The van der Waals surface area contributed by atoms with Gasteiger partial charge in [0.2, 0.25) is 0 Å². The van der Waals surface area contributed by atoms with Crippen molar-refractivity contribution in [3.63, 3.8) is 0 Å². The molecule has 0 fully saturated rings. The lowest BCUT2D eigenvalue weighted by Gasteiger charge is -2.16. The zero-order chi connectivity index (χ0) is 15.6. The van der Waals surface area contributed by atoms with Gasteiger partial charge in [-0.15, -0.1) is 0 Å². The lowest BCUT2D eigenvalue weighted by Crippen LogP contribution is -2.17. The van der Waals surface area contributed by atoms with Crippen molar-refractivity contribution < 1.29 is 19.1 Å². The van der Waals surface area contributed by atoms with Crippen molar-refractivity contribution in [2.45, 2.75) is 51.4 Å². The maximum atomic E-state index is 11.6. The summed E-state index contributed by atoms with van der Waals surface area (Å²) in [5.74, 6) is 0.0486. The molecule has 4 heteroatoms. The van der Waals surface area contributed by atoms with E-state index in [1.54, 1.807) is 0 Å². The standard InChI is InChI=1S/C18H26O4/c19-17(21-13-15-7-3-1-4-8-15)11-12-18(20)22-14-16-9-5-2-6-10-16/h3,5,7,9,15-16H,1-2,4,6,8,10-14H2. The molecule has 0 saturated carbocycles. The Morgan fingerprint density at radius 2 is 1.27 bits per heavy atom. The lowest BCUT2D eigenvalue weighted by atomic mass is 9.97. The summed E-state index contributed by atoms with van der Waals surface area (Å²) in [6.45, 7) is 0.856. The van der Waals surface area contributed by atoms with Gasteiger partial charge in [0, 0.05) is 11.8 Å². The molecule has 122 valence electrons. The van der Waals surface area contributed by atoms with Crippen LogP contribution in [0, 0.1) is 11.8 Å². The number of ether oxygens (including phenoxy) is 2. The Morgan fingerprint density at radius 3 is 1.64 bits per heavy atom. The second kappa shape index (κ2) is 9.44. The van der Waals surface area contributed by atoms with Crippen LogP contribution in [-0.2, 0) is 19.1 Å². The molecule has 0 radical (unpaired) electrons. The van der Waals surface area contributed by atoms with Crippen molar-refractivity contribution in [3.8, 4) is 0 Å². The number of allylic oxidation sites excluding steroid dienone is 2. The molecule has 4 nitrogen and oxygen atoms in total. The van der Waals surface area contributed by atoms with Crippen LogP contribution in [0.5, 0.6) is 0 Å². The van der Waals surface area contributed by atoms with E-state index in [2.05, 4.69) is 24.3 Å². The maximum Gasteiger partial charge on any atom is 0.306 e. The van der Waals surface area contributed by atoms with Gasteiger partial charge in [0.25, 0.3) is 0 Å². The van der Waals surface area contributed by atoms with Gasteiger partial charge in [0.1, 0.15) is 0 Å². The zero-order valence-corrected chi connectivity index (χ0v) is 13.2. The lowest BCUT2D eigenvalue weighted by molar-refractivity contribution is -0.151. The number of hydrogen-bond donors (Lipinski definition) is 0. The molecule has 0 aliphatic heterocycles. The second-order valence-electron chi connectivity index (χ2n) is 6.10. The molecule has 2 aliphatic carbocycles.